The summed E-state index contributed by atoms with van der Waals surface area (Å²) >= 11 is 6.42. The molecule has 0 bridgehead atoms. The Morgan fingerprint density at radius 1 is 1.31 bits per heavy atom. The lowest BCUT2D eigenvalue weighted by molar-refractivity contribution is -0.116. The minimum absolute atomic E-state index is 0.0237. The topological polar surface area (TPSA) is 59.4 Å². The van der Waals surface area contributed by atoms with Crippen molar-refractivity contribution < 1.29 is 9.53 Å². The van der Waals surface area contributed by atoms with Crippen LogP contribution in [0.4, 0.5) is 11.4 Å². The standard InChI is InChI=1S/C19H25ClN4O2/c1-13-15(14(2)23(3)22-13)7-8-18(25)21-17-6-4-5-16(20)19(17)24-9-11-26-12-10-24/h4-6H,7-12H2,1-3H3,(H,21,25). The van der Waals surface area contributed by atoms with E-state index in [2.05, 4.69) is 15.3 Å². The van der Waals surface area contributed by atoms with E-state index < -0.39 is 0 Å². The van der Waals surface area contributed by atoms with Gasteiger partial charge in [-0.1, -0.05) is 17.7 Å². The number of nitrogens with zero attached hydrogens (tertiary/aromatic N) is 3. The summed E-state index contributed by atoms with van der Waals surface area (Å²) in [4.78, 5) is 14.7. The molecule has 1 N–H and O–H groups in total. The van der Waals surface area contributed by atoms with Crippen molar-refractivity contribution in [3.63, 3.8) is 0 Å². The Balaban J connectivity index is 1.70. The van der Waals surface area contributed by atoms with Gasteiger partial charge in [0.15, 0.2) is 0 Å². The van der Waals surface area contributed by atoms with Crippen molar-refractivity contribution in [2.45, 2.75) is 26.7 Å². The van der Waals surface area contributed by atoms with E-state index in [0.29, 0.717) is 31.1 Å². The van der Waals surface area contributed by atoms with E-state index in [-0.39, 0.29) is 5.91 Å². The molecule has 6 nitrogen and oxygen atoms in total. The quantitative estimate of drug-likeness (QED) is 0.871. The van der Waals surface area contributed by atoms with E-state index in [0.717, 1.165) is 41.4 Å². The first-order valence-electron chi connectivity index (χ1n) is 8.87. The summed E-state index contributed by atoms with van der Waals surface area (Å²) in [5.41, 5.74) is 4.85. The first kappa shape index (κ1) is 18.7. The third kappa shape index (κ3) is 4.02. The van der Waals surface area contributed by atoms with Gasteiger partial charge in [-0.3, -0.25) is 9.48 Å². The van der Waals surface area contributed by atoms with Gasteiger partial charge in [-0.15, -0.1) is 0 Å². The molecule has 140 valence electrons. The maximum Gasteiger partial charge on any atom is 0.224 e. The van der Waals surface area contributed by atoms with Crippen molar-refractivity contribution in [2.75, 3.05) is 36.5 Å². The third-order valence-corrected chi connectivity index (χ3v) is 5.15. The van der Waals surface area contributed by atoms with E-state index >= 15 is 0 Å². The van der Waals surface area contributed by atoms with Gasteiger partial charge < -0.3 is 15.0 Å². The van der Waals surface area contributed by atoms with Gasteiger partial charge >= 0.3 is 0 Å². The zero-order valence-corrected chi connectivity index (χ0v) is 16.3. The van der Waals surface area contributed by atoms with E-state index in [9.17, 15) is 4.79 Å². The predicted molar refractivity (Wildman–Crippen MR) is 104 cm³/mol. The number of morpholine rings is 1. The van der Waals surface area contributed by atoms with Crippen molar-refractivity contribution >= 4 is 28.9 Å². The SMILES string of the molecule is Cc1nn(C)c(C)c1CCC(=O)Nc1cccc(Cl)c1N1CCOCC1. The number of amides is 1. The minimum atomic E-state index is -0.0237. The second kappa shape index (κ2) is 8.10. The van der Waals surface area contributed by atoms with Crippen molar-refractivity contribution in [2.24, 2.45) is 7.05 Å². The van der Waals surface area contributed by atoms with Crippen molar-refractivity contribution in [3.8, 4) is 0 Å². The average molecular weight is 377 g/mol. The molecule has 1 aliphatic rings. The molecule has 1 aliphatic heterocycles. The molecule has 1 aromatic heterocycles. The highest BCUT2D eigenvalue weighted by molar-refractivity contribution is 6.34. The van der Waals surface area contributed by atoms with Gasteiger partial charge in [-0.2, -0.15) is 5.10 Å². The number of hydrogen-bond acceptors (Lipinski definition) is 4. The molecule has 1 aromatic carbocycles. The summed E-state index contributed by atoms with van der Waals surface area (Å²) < 4.78 is 7.27. The van der Waals surface area contributed by atoms with Gasteiger partial charge in [0.2, 0.25) is 5.91 Å². The monoisotopic (exact) mass is 376 g/mol. The number of rotatable bonds is 5. The van der Waals surface area contributed by atoms with Gasteiger partial charge in [0.25, 0.3) is 0 Å². The highest BCUT2D eigenvalue weighted by Gasteiger charge is 2.19. The van der Waals surface area contributed by atoms with Gasteiger partial charge in [0.1, 0.15) is 0 Å². The Hall–Kier alpha value is -2.05. The number of aromatic nitrogens is 2. The number of carbonyl (C=O) groups is 1. The Morgan fingerprint density at radius 3 is 2.69 bits per heavy atom. The molecule has 2 heterocycles. The number of anilines is 2. The van der Waals surface area contributed by atoms with Crippen LogP contribution in [0.1, 0.15) is 23.4 Å². The lowest BCUT2D eigenvalue weighted by Gasteiger charge is -2.31. The van der Waals surface area contributed by atoms with Gasteiger partial charge in [-0.05, 0) is 38.0 Å². The fourth-order valence-corrected chi connectivity index (χ4v) is 3.65. The predicted octanol–water partition coefficient (Wildman–Crippen LogP) is 3.10. The van der Waals surface area contributed by atoms with Gasteiger partial charge in [-0.25, -0.2) is 0 Å². The maximum absolute atomic E-state index is 12.5. The van der Waals surface area contributed by atoms with Crippen molar-refractivity contribution in [1.82, 2.24) is 9.78 Å². The molecular weight excluding hydrogens is 352 g/mol. The van der Waals surface area contributed by atoms with Crippen LogP contribution in [0, 0.1) is 13.8 Å². The zero-order valence-electron chi connectivity index (χ0n) is 15.5. The highest BCUT2D eigenvalue weighted by atomic mass is 35.5. The lowest BCUT2D eigenvalue weighted by atomic mass is 10.1. The van der Waals surface area contributed by atoms with Crippen molar-refractivity contribution in [3.05, 3.63) is 40.2 Å². The molecule has 0 unspecified atom stereocenters. The van der Waals surface area contributed by atoms with Crippen LogP contribution in [0.3, 0.4) is 0 Å². The van der Waals surface area contributed by atoms with Crippen LogP contribution in [0.25, 0.3) is 0 Å². The van der Waals surface area contributed by atoms with Crippen molar-refractivity contribution in [1.29, 1.82) is 0 Å². The van der Waals surface area contributed by atoms with Gasteiger partial charge in [0, 0.05) is 32.3 Å². The second-order valence-electron chi connectivity index (χ2n) is 6.56. The lowest BCUT2D eigenvalue weighted by Crippen LogP contribution is -2.37. The molecule has 26 heavy (non-hydrogen) atoms. The maximum atomic E-state index is 12.5. The molecule has 0 saturated carbocycles. The summed E-state index contributed by atoms with van der Waals surface area (Å²) in [6.45, 7) is 6.87. The number of para-hydroxylation sites is 1. The molecule has 1 amide bonds. The van der Waals surface area contributed by atoms with E-state index in [1.54, 1.807) is 0 Å². The third-order valence-electron chi connectivity index (χ3n) is 4.85. The van der Waals surface area contributed by atoms with Crippen LogP contribution in [-0.4, -0.2) is 42.0 Å². The smallest absolute Gasteiger partial charge is 0.224 e. The number of ether oxygens (including phenoxy) is 1. The number of hydrogen-bond donors (Lipinski definition) is 1. The zero-order chi connectivity index (χ0) is 18.7. The first-order valence-corrected chi connectivity index (χ1v) is 9.25. The molecule has 0 atom stereocenters. The summed E-state index contributed by atoms with van der Waals surface area (Å²) in [6.07, 6.45) is 1.08. The summed E-state index contributed by atoms with van der Waals surface area (Å²) in [5.74, 6) is -0.0237. The highest BCUT2D eigenvalue weighted by Crippen LogP contribution is 2.34. The molecule has 0 radical (unpaired) electrons. The molecular formula is C19H25ClN4O2. The number of carbonyl (C=O) groups excluding carboxylic acids is 1. The van der Waals surface area contributed by atoms with Crippen LogP contribution in [0.15, 0.2) is 18.2 Å². The molecule has 3 rings (SSSR count). The fraction of sp³-hybridized carbons (Fsp3) is 0.474. The summed E-state index contributed by atoms with van der Waals surface area (Å²) in [7, 11) is 1.92. The average Bonchev–Trinajstić information content (AvgIpc) is 2.86. The molecule has 0 aliphatic carbocycles. The fourth-order valence-electron chi connectivity index (χ4n) is 3.36. The normalized spacial score (nSPS) is 14.5. The minimum Gasteiger partial charge on any atom is -0.378 e. The summed E-state index contributed by atoms with van der Waals surface area (Å²) in [6, 6.07) is 5.61. The number of nitrogens with one attached hydrogen (secondary N) is 1. The Morgan fingerprint density at radius 2 is 2.04 bits per heavy atom. The van der Waals surface area contributed by atoms with E-state index in [1.807, 2.05) is 43.8 Å². The Labute approximate surface area is 159 Å². The Bertz CT molecular complexity index is 797. The molecule has 0 spiro atoms. The largest absolute Gasteiger partial charge is 0.378 e. The number of halogens is 1. The Kier molecular flexibility index (Phi) is 5.84. The first-order chi connectivity index (χ1) is 12.5. The molecule has 7 heteroatoms. The second-order valence-corrected chi connectivity index (χ2v) is 6.96. The van der Waals surface area contributed by atoms with Crippen LogP contribution in [0.5, 0.6) is 0 Å². The van der Waals surface area contributed by atoms with Gasteiger partial charge in [0.05, 0.1) is 35.3 Å². The molecule has 1 fully saturated rings. The number of aryl methyl sites for hydroxylation is 2. The van der Waals surface area contributed by atoms with Crippen LogP contribution in [0.2, 0.25) is 5.02 Å². The molecule has 2 aromatic rings. The molecule has 1 saturated heterocycles. The van der Waals surface area contributed by atoms with E-state index in [4.69, 9.17) is 16.3 Å². The number of benzene rings is 1. The van der Waals surface area contributed by atoms with Crippen LogP contribution >= 0.6 is 11.6 Å². The summed E-state index contributed by atoms with van der Waals surface area (Å²) in [5, 5.41) is 8.08. The van der Waals surface area contributed by atoms with Crippen LogP contribution in [-0.2, 0) is 23.0 Å². The van der Waals surface area contributed by atoms with Crippen LogP contribution < -0.4 is 10.2 Å². The van der Waals surface area contributed by atoms with E-state index in [1.165, 1.54) is 0 Å².